The van der Waals surface area contributed by atoms with Gasteiger partial charge in [-0.25, -0.2) is 0 Å². The number of carbonyl (C=O) groups is 1. The summed E-state index contributed by atoms with van der Waals surface area (Å²) in [7, 11) is 0. The van der Waals surface area contributed by atoms with Gasteiger partial charge in [0.25, 0.3) is 5.91 Å². The van der Waals surface area contributed by atoms with Crippen LogP contribution < -0.4 is 15.8 Å². The first-order valence-corrected chi connectivity index (χ1v) is 7.32. The zero-order valence-electron chi connectivity index (χ0n) is 11.9. The molecule has 1 aromatic carbocycles. The summed E-state index contributed by atoms with van der Waals surface area (Å²) in [6.07, 6.45) is 1.68. The molecule has 1 saturated carbocycles. The van der Waals surface area contributed by atoms with E-state index in [1.807, 2.05) is 19.1 Å². The summed E-state index contributed by atoms with van der Waals surface area (Å²) in [5.41, 5.74) is 6.72. The first kappa shape index (κ1) is 15.1. The van der Waals surface area contributed by atoms with E-state index in [1.54, 1.807) is 13.0 Å². The van der Waals surface area contributed by atoms with Crippen LogP contribution in [0.3, 0.4) is 0 Å². The Morgan fingerprint density at radius 3 is 2.85 bits per heavy atom. The predicted molar refractivity (Wildman–Crippen MR) is 80.0 cm³/mol. The SMILES string of the molecule is Cc1ccc(Cl)c(OC(C)C(=O)NC(CN)C2CC2)c1. The summed E-state index contributed by atoms with van der Waals surface area (Å²) in [5, 5.41) is 3.46. The number of ether oxygens (including phenoxy) is 1. The lowest BCUT2D eigenvalue weighted by Gasteiger charge is -2.20. The molecule has 1 aliphatic carbocycles. The number of nitrogens with one attached hydrogen (secondary N) is 1. The molecular formula is C15H21ClN2O2. The number of hydrogen-bond acceptors (Lipinski definition) is 3. The number of hydrogen-bond donors (Lipinski definition) is 2. The molecular weight excluding hydrogens is 276 g/mol. The van der Waals surface area contributed by atoms with Gasteiger partial charge in [-0.15, -0.1) is 0 Å². The molecule has 2 unspecified atom stereocenters. The predicted octanol–water partition coefficient (Wildman–Crippen LogP) is 2.27. The van der Waals surface area contributed by atoms with Crippen LogP contribution in [0.25, 0.3) is 0 Å². The van der Waals surface area contributed by atoms with Crippen LogP contribution in [-0.4, -0.2) is 24.6 Å². The molecule has 110 valence electrons. The van der Waals surface area contributed by atoms with Crippen LogP contribution in [0.4, 0.5) is 0 Å². The number of benzene rings is 1. The summed E-state index contributed by atoms with van der Waals surface area (Å²) in [6, 6.07) is 5.55. The van der Waals surface area contributed by atoms with E-state index in [-0.39, 0.29) is 11.9 Å². The van der Waals surface area contributed by atoms with Gasteiger partial charge in [-0.05, 0) is 50.3 Å². The van der Waals surface area contributed by atoms with Crippen molar-refractivity contribution in [2.45, 2.75) is 38.8 Å². The molecule has 1 aromatic rings. The van der Waals surface area contributed by atoms with Crippen LogP contribution in [0.15, 0.2) is 18.2 Å². The summed E-state index contributed by atoms with van der Waals surface area (Å²) < 4.78 is 5.65. The van der Waals surface area contributed by atoms with Crippen LogP contribution in [-0.2, 0) is 4.79 Å². The largest absolute Gasteiger partial charge is 0.479 e. The lowest BCUT2D eigenvalue weighted by Crippen LogP contribution is -2.46. The molecule has 1 aliphatic rings. The molecule has 0 saturated heterocycles. The van der Waals surface area contributed by atoms with Gasteiger partial charge in [0.05, 0.1) is 5.02 Å². The van der Waals surface area contributed by atoms with E-state index in [0.29, 0.717) is 23.2 Å². The van der Waals surface area contributed by atoms with E-state index in [4.69, 9.17) is 22.1 Å². The lowest BCUT2D eigenvalue weighted by atomic mass is 10.2. The highest BCUT2D eigenvalue weighted by molar-refractivity contribution is 6.32. The van der Waals surface area contributed by atoms with Crippen molar-refractivity contribution in [3.63, 3.8) is 0 Å². The Morgan fingerprint density at radius 2 is 2.25 bits per heavy atom. The Labute approximate surface area is 124 Å². The Kier molecular flexibility index (Phi) is 4.89. The van der Waals surface area contributed by atoms with Gasteiger partial charge < -0.3 is 15.8 Å². The number of amides is 1. The fraction of sp³-hybridized carbons (Fsp3) is 0.533. The molecule has 20 heavy (non-hydrogen) atoms. The third-order valence-electron chi connectivity index (χ3n) is 3.53. The summed E-state index contributed by atoms with van der Waals surface area (Å²) in [6.45, 7) is 4.13. The maximum absolute atomic E-state index is 12.1. The molecule has 2 rings (SSSR count). The second kappa shape index (κ2) is 6.46. The van der Waals surface area contributed by atoms with Crippen molar-refractivity contribution in [3.8, 4) is 5.75 Å². The molecule has 5 heteroatoms. The van der Waals surface area contributed by atoms with E-state index >= 15 is 0 Å². The van der Waals surface area contributed by atoms with Crippen LogP contribution in [0, 0.1) is 12.8 Å². The summed E-state index contributed by atoms with van der Waals surface area (Å²) in [5.74, 6) is 0.911. The molecule has 0 radical (unpaired) electrons. The van der Waals surface area contributed by atoms with Gasteiger partial charge >= 0.3 is 0 Å². The first-order chi connectivity index (χ1) is 9.51. The molecule has 2 atom stereocenters. The maximum atomic E-state index is 12.1. The fourth-order valence-electron chi connectivity index (χ4n) is 2.11. The van der Waals surface area contributed by atoms with Gasteiger partial charge in [-0.3, -0.25) is 4.79 Å². The second-order valence-corrected chi connectivity index (χ2v) is 5.79. The number of rotatable bonds is 6. The quantitative estimate of drug-likeness (QED) is 0.846. The van der Waals surface area contributed by atoms with Gasteiger partial charge in [-0.1, -0.05) is 17.7 Å². The highest BCUT2D eigenvalue weighted by atomic mass is 35.5. The van der Waals surface area contributed by atoms with E-state index in [1.165, 1.54) is 0 Å². The van der Waals surface area contributed by atoms with Gasteiger partial charge in [0.1, 0.15) is 5.75 Å². The molecule has 1 amide bonds. The minimum atomic E-state index is -0.595. The van der Waals surface area contributed by atoms with E-state index in [2.05, 4.69) is 5.32 Å². The van der Waals surface area contributed by atoms with Crippen molar-refractivity contribution >= 4 is 17.5 Å². The van der Waals surface area contributed by atoms with Gasteiger partial charge in [-0.2, -0.15) is 0 Å². The normalized spacial score (nSPS) is 17.4. The Balaban J connectivity index is 1.94. The first-order valence-electron chi connectivity index (χ1n) is 6.94. The second-order valence-electron chi connectivity index (χ2n) is 5.38. The molecule has 0 spiro atoms. The standard InChI is InChI=1S/C15H21ClN2O2/c1-9-3-6-12(16)14(7-9)20-10(2)15(19)18-13(8-17)11-4-5-11/h3,6-7,10-11,13H,4-5,8,17H2,1-2H3,(H,18,19). The third-order valence-corrected chi connectivity index (χ3v) is 3.84. The minimum absolute atomic E-state index is 0.0570. The monoisotopic (exact) mass is 296 g/mol. The number of nitrogens with two attached hydrogens (primary N) is 1. The van der Waals surface area contributed by atoms with E-state index < -0.39 is 6.10 Å². The Hall–Kier alpha value is -1.26. The zero-order chi connectivity index (χ0) is 14.7. The van der Waals surface area contributed by atoms with Crippen LogP contribution in [0.1, 0.15) is 25.3 Å². The van der Waals surface area contributed by atoms with Crippen LogP contribution >= 0.6 is 11.6 Å². The van der Waals surface area contributed by atoms with Crippen LogP contribution in [0.2, 0.25) is 5.02 Å². The van der Waals surface area contributed by atoms with Gasteiger partial charge in [0.15, 0.2) is 6.10 Å². The van der Waals surface area contributed by atoms with Crippen molar-refractivity contribution in [1.82, 2.24) is 5.32 Å². The summed E-state index contributed by atoms with van der Waals surface area (Å²) >= 11 is 6.06. The van der Waals surface area contributed by atoms with Crippen molar-refractivity contribution in [2.24, 2.45) is 11.7 Å². The molecule has 4 nitrogen and oxygen atoms in total. The molecule has 3 N–H and O–H groups in total. The topological polar surface area (TPSA) is 64.3 Å². The van der Waals surface area contributed by atoms with E-state index in [9.17, 15) is 4.79 Å². The molecule has 0 aromatic heterocycles. The average Bonchev–Trinajstić information content (AvgIpc) is 3.24. The molecule has 0 bridgehead atoms. The minimum Gasteiger partial charge on any atom is -0.479 e. The fourth-order valence-corrected chi connectivity index (χ4v) is 2.27. The van der Waals surface area contributed by atoms with Gasteiger partial charge in [0, 0.05) is 12.6 Å². The summed E-state index contributed by atoms with van der Waals surface area (Å²) in [4.78, 5) is 12.1. The van der Waals surface area contributed by atoms with Crippen molar-refractivity contribution < 1.29 is 9.53 Å². The average molecular weight is 297 g/mol. The van der Waals surface area contributed by atoms with Crippen molar-refractivity contribution in [1.29, 1.82) is 0 Å². The highest BCUT2D eigenvalue weighted by Crippen LogP contribution is 2.32. The number of aryl methyl sites for hydroxylation is 1. The maximum Gasteiger partial charge on any atom is 0.261 e. The number of carbonyl (C=O) groups excluding carboxylic acids is 1. The molecule has 1 fully saturated rings. The van der Waals surface area contributed by atoms with Gasteiger partial charge in [0.2, 0.25) is 0 Å². The van der Waals surface area contributed by atoms with Crippen LogP contribution in [0.5, 0.6) is 5.75 Å². The zero-order valence-corrected chi connectivity index (χ0v) is 12.6. The van der Waals surface area contributed by atoms with Crippen molar-refractivity contribution in [2.75, 3.05) is 6.54 Å². The molecule has 0 aliphatic heterocycles. The smallest absolute Gasteiger partial charge is 0.261 e. The third kappa shape index (κ3) is 3.87. The number of halogens is 1. The highest BCUT2D eigenvalue weighted by Gasteiger charge is 2.32. The van der Waals surface area contributed by atoms with Crippen molar-refractivity contribution in [3.05, 3.63) is 28.8 Å². The Bertz CT molecular complexity index is 489. The Morgan fingerprint density at radius 1 is 1.55 bits per heavy atom. The molecule has 0 heterocycles. The lowest BCUT2D eigenvalue weighted by molar-refractivity contribution is -0.128. The van der Waals surface area contributed by atoms with E-state index in [0.717, 1.165) is 18.4 Å².